The highest BCUT2D eigenvalue weighted by Gasteiger charge is 2.13. The second kappa shape index (κ2) is 12.4. The Bertz CT molecular complexity index is 800. The normalized spacial score (nSPS) is 10.2. The van der Waals surface area contributed by atoms with E-state index in [2.05, 4.69) is 6.58 Å². The third-order valence-electron chi connectivity index (χ3n) is 3.87. The maximum absolute atomic E-state index is 12.4. The minimum atomic E-state index is -0.440. The number of carbonyl (C=O) groups excluding carboxylic acids is 2. The topological polar surface area (TPSA) is 71.1 Å². The van der Waals surface area contributed by atoms with Crippen LogP contribution in [0.1, 0.15) is 22.8 Å². The molecule has 0 aliphatic rings. The van der Waals surface area contributed by atoms with Crippen molar-refractivity contribution in [1.29, 1.82) is 0 Å². The Morgan fingerprint density at radius 3 is 2.28 bits per heavy atom. The van der Waals surface area contributed by atoms with Crippen molar-refractivity contribution in [2.75, 3.05) is 33.0 Å². The standard InChI is InChI=1S/C23H26O6/c1-18(2)22(24)29-17-15-26-14-16-27-21-11-7-6-10-20(21)23(25)28-13-12-19-8-4-3-5-9-19/h3-11H,1,12-17H2,2H3. The van der Waals surface area contributed by atoms with Crippen molar-refractivity contribution in [1.82, 2.24) is 0 Å². The first kappa shape index (κ1) is 22.2. The molecular weight excluding hydrogens is 372 g/mol. The van der Waals surface area contributed by atoms with Gasteiger partial charge in [-0.25, -0.2) is 9.59 Å². The summed E-state index contributed by atoms with van der Waals surface area (Å²) >= 11 is 0. The summed E-state index contributed by atoms with van der Waals surface area (Å²) < 4.78 is 21.3. The van der Waals surface area contributed by atoms with Crippen LogP contribution in [0.3, 0.4) is 0 Å². The van der Waals surface area contributed by atoms with Gasteiger partial charge in [0, 0.05) is 12.0 Å². The first-order valence-electron chi connectivity index (χ1n) is 9.41. The molecule has 2 aromatic carbocycles. The third kappa shape index (κ3) is 8.19. The zero-order valence-corrected chi connectivity index (χ0v) is 16.6. The van der Waals surface area contributed by atoms with Gasteiger partial charge in [0.25, 0.3) is 0 Å². The molecule has 0 saturated carbocycles. The number of hydrogen-bond donors (Lipinski definition) is 0. The Labute approximate surface area is 171 Å². The highest BCUT2D eigenvalue weighted by molar-refractivity contribution is 5.92. The number of hydrogen-bond acceptors (Lipinski definition) is 6. The minimum Gasteiger partial charge on any atom is -0.490 e. The number of rotatable bonds is 12. The minimum absolute atomic E-state index is 0.149. The SMILES string of the molecule is C=C(C)C(=O)OCCOCCOc1ccccc1C(=O)OCCc1ccccc1. The molecule has 0 bridgehead atoms. The van der Waals surface area contributed by atoms with Crippen LogP contribution in [0, 0.1) is 0 Å². The van der Waals surface area contributed by atoms with Gasteiger partial charge in [0.1, 0.15) is 24.5 Å². The van der Waals surface area contributed by atoms with Gasteiger partial charge in [0.05, 0.1) is 19.8 Å². The Balaban J connectivity index is 1.70. The molecule has 0 saturated heterocycles. The molecule has 0 amide bonds. The number of esters is 2. The molecule has 6 heteroatoms. The molecule has 6 nitrogen and oxygen atoms in total. The number of ether oxygens (including phenoxy) is 4. The molecule has 154 valence electrons. The van der Waals surface area contributed by atoms with E-state index in [0.717, 1.165) is 5.56 Å². The molecule has 0 N–H and O–H groups in total. The van der Waals surface area contributed by atoms with Crippen molar-refractivity contribution in [3.8, 4) is 5.75 Å². The van der Waals surface area contributed by atoms with E-state index >= 15 is 0 Å². The van der Waals surface area contributed by atoms with Crippen molar-refractivity contribution < 1.29 is 28.5 Å². The second-order valence-corrected chi connectivity index (χ2v) is 6.24. The molecular formula is C23H26O6. The smallest absolute Gasteiger partial charge is 0.341 e. The summed E-state index contributed by atoms with van der Waals surface area (Å²) in [5.74, 6) is -0.428. The molecule has 0 atom stereocenters. The first-order chi connectivity index (χ1) is 14.1. The molecule has 0 spiro atoms. The summed E-state index contributed by atoms with van der Waals surface area (Å²) in [5.41, 5.74) is 1.83. The molecule has 0 fully saturated rings. The van der Waals surface area contributed by atoms with E-state index in [-0.39, 0.29) is 19.8 Å². The summed E-state index contributed by atoms with van der Waals surface area (Å²) in [4.78, 5) is 23.6. The maximum Gasteiger partial charge on any atom is 0.341 e. The van der Waals surface area contributed by atoms with Crippen LogP contribution in [-0.4, -0.2) is 45.0 Å². The molecule has 2 aromatic rings. The van der Waals surface area contributed by atoms with Crippen molar-refractivity contribution in [3.05, 3.63) is 77.9 Å². The lowest BCUT2D eigenvalue weighted by Gasteiger charge is -2.12. The lowest BCUT2D eigenvalue weighted by molar-refractivity contribution is -0.140. The number of para-hydroxylation sites is 1. The van der Waals surface area contributed by atoms with Gasteiger partial charge in [-0.1, -0.05) is 49.0 Å². The zero-order valence-electron chi connectivity index (χ0n) is 16.6. The van der Waals surface area contributed by atoms with Gasteiger partial charge in [-0.05, 0) is 24.6 Å². The van der Waals surface area contributed by atoms with E-state index in [1.165, 1.54) is 0 Å². The number of benzene rings is 2. The van der Waals surface area contributed by atoms with Crippen LogP contribution < -0.4 is 4.74 Å². The summed E-state index contributed by atoms with van der Waals surface area (Å²) in [7, 11) is 0. The predicted octanol–water partition coefficient (Wildman–Crippen LogP) is 3.60. The highest BCUT2D eigenvalue weighted by Crippen LogP contribution is 2.19. The molecule has 0 unspecified atom stereocenters. The second-order valence-electron chi connectivity index (χ2n) is 6.24. The van der Waals surface area contributed by atoms with Gasteiger partial charge in [-0.3, -0.25) is 0 Å². The van der Waals surface area contributed by atoms with Crippen molar-refractivity contribution >= 4 is 11.9 Å². The molecule has 2 rings (SSSR count). The molecule has 0 aliphatic carbocycles. The summed E-state index contributed by atoms with van der Waals surface area (Å²) in [6.45, 7) is 6.33. The zero-order chi connectivity index (χ0) is 20.9. The van der Waals surface area contributed by atoms with E-state index in [0.29, 0.717) is 36.5 Å². The van der Waals surface area contributed by atoms with Crippen LogP contribution in [-0.2, 0) is 25.4 Å². The molecule has 0 heterocycles. The van der Waals surface area contributed by atoms with Crippen molar-refractivity contribution in [3.63, 3.8) is 0 Å². The average Bonchev–Trinajstić information content (AvgIpc) is 2.73. The van der Waals surface area contributed by atoms with E-state index in [1.54, 1.807) is 31.2 Å². The fourth-order valence-electron chi connectivity index (χ4n) is 2.37. The fraction of sp³-hybridized carbons (Fsp3) is 0.304. The largest absolute Gasteiger partial charge is 0.490 e. The molecule has 0 aliphatic heterocycles. The van der Waals surface area contributed by atoms with Crippen LogP contribution in [0.15, 0.2) is 66.7 Å². The fourth-order valence-corrected chi connectivity index (χ4v) is 2.37. The monoisotopic (exact) mass is 398 g/mol. The van der Waals surface area contributed by atoms with Crippen LogP contribution in [0.5, 0.6) is 5.75 Å². The molecule has 29 heavy (non-hydrogen) atoms. The Kier molecular flexibility index (Phi) is 9.45. The van der Waals surface area contributed by atoms with Crippen LogP contribution >= 0.6 is 0 Å². The van der Waals surface area contributed by atoms with Gasteiger partial charge in [-0.2, -0.15) is 0 Å². The molecule has 0 radical (unpaired) electrons. The Hall–Kier alpha value is -3.12. The summed E-state index contributed by atoms with van der Waals surface area (Å²) in [6, 6.07) is 16.7. The number of carbonyl (C=O) groups is 2. The lowest BCUT2D eigenvalue weighted by Crippen LogP contribution is -2.15. The summed E-state index contributed by atoms with van der Waals surface area (Å²) in [5, 5.41) is 0. The van der Waals surface area contributed by atoms with Gasteiger partial charge in [-0.15, -0.1) is 0 Å². The summed E-state index contributed by atoms with van der Waals surface area (Å²) in [6.07, 6.45) is 0.652. The third-order valence-corrected chi connectivity index (χ3v) is 3.87. The van der Waals surface area contributed by atoms with Gasteiger partial charge in [0.2, 0.25) is 0 Å². The Morgan fingerprint density at radius 1 is 0.828 bits per heavy atom. The van der Waals surface area contributed by atoms with Crippen molar-refractivity contribution in [2.45, 2.75) is 13.3 Å². The van der Waals surface area contributed by atoms with Crippen LogP contribution in [0.25, 0.3) is 0 Å². The maximum atomic E-state index is 12.4. The average molecular weight is 398 g/mol. The van der Waals surface area contributed by atoms with Crippen LogP contribution in [0.4, 0.5) is 0 Å². The quantitative estimate of drug-likeness (QED) is 0.309. The predicted molar refractivity (Wildman–Crippen MR) is 109 cm³/mol. The van der Waals surface area contributed by atoms with Gasteiger partial charge in [0.15, 0.2) is 0 Å². The van der Waals surface area contributed by atoms with Gasteiger partial charge < -0.3 is 18.9 Å². The lowest BCUT2D eigenvalue weighted by atomic mass is 10.2. The Morgan fingerprint density at radius 2 is 1.52 bits per heavy atom. The first-order valence-corrected chi connectivity index (χ1v) is 9.41. The molecule has 0 aromatic heterocycles. The van der Waals surface area contributed by atoms with Crippen molar-refractivity contribution in [2.24, 2.45) is 0 Å². The van der Waals surface area contributed by atoms with E-state index in [9.17, 15) is 9.59 Å². The van der Waals surface area contributed by atoms with Gasteiger partial charge >= 0.3 is 11.9 Å². The highest BCUT2D eigenvalue weighted by atomic mass is 16.6. The van der Waals surface area contributed by atoms with E-state index in [1.807, 2.05) is 30.3 Å². The van der Waals surface area contributed by atoms with E-state index in [4.69, 9.17) is 18.9 Å². The van der Waals surface area contributed by atoms with Crippen LogP contribution in [0.2, 0.25) is 0 Å². The van der Waals surface area contributed by atoms with E-state index < -0.39 is 11.9 Å².